The molecule has 5 nitrogen and oxygen atoms in total. The SMILES string of the molecule is CN1CCN(CCCOc2cc(N)ccc2C=O)CC1. The Labute approximate surface area is 120 Å². The van der Waals surface area contributed by atoms with Crippen LogP contribution < -0.4 is 10.5 Å². The van der Waals surface area contributed by atoms with Crippen LogP contribution in [0.2, 0.25) is 0 Å². The zero-order valence-corrected chi connectivity index (χ0v) is 12.0. The number of rotatable bonds is 6. The summed E-state index contributed by atoms with van der Waals surface area (Å²) in [5.41, 5.74) is 6.88. The zero-order chi connectivity index (χ0) is 14.4. The van der Waals surface area contributed by atoms with Gasteiger partial charge in [-0.05, 0) is 25.6 Å². The number of nitrogens with two attached hydrogens (primary N) is 1. The molecule has 1 aromatic rings. The summed E-state index contributed by atoms with van der Waals surface area (Å²) in [5, 5.41) is 0. The molecule has 0 aromatic heterocycles. The van der Waals surface area contributed by atoms with Crippen molar-refractivity contribution in [2.45, 2.75) is 6.42 Å². The van der Waals surface area contributed by atoms with E-state index in [1.54, 1.807) is 18.2 Å². The fourth-order valence-electron chi connectivity index (χ4n) is 2.32. The van der Waals surface area contributed by atoms with Crippen LogP contribution in [-0.2, 0) is 0 Å². The number of hydrogen-bond donors (Lipinski definition) is 1. The van der Waals surface area contributed by atoms with Gasteiger partial charge in [0.15, 0.2) is 6.29 Å². The quantitative estimate of drug-likeness (QED) is 0.479. The average Bonchev–Trinajstić information content (AvgIpc) is 2.46. The third-order valence-corrected chi connectivity index (χ3v) is 3.64. The molecule has 110 valence electrons. The van der Waals surface area contributed by atoms with Crippen molar-refractivity contribution in [3.8, 4) is 5.75 Å². The molecule has 1 heterocycles. The van der Waals surface area contributed by atoms with Crippen LogP contribution >= 0.6 is 0 Å². The highest BCUT2D eigenvalue weighted by molar-refractivity contribution is 5.80. The second kappa shape index (κ2) is 7.26. The molecule has 0 unspecified atom stereocenters. The molecule has 1 fully saturated rings. The maximum absolute atomic E-state index is 10.9. The van der Waals surface area contributed by atoms with Crippen molar-refractivity contribution in [2.24, 2.45) is 0 Å². The van der Waals surface area contributed by atoms with Crippen LogP contribution in [0.1, 0.15) is 16.8 Å². The van der Waals surface area contributed by atoms with Crippen LogP contribution in [-0.4, -0.2) is 62.5 Å². The average molecular weight is 277 g/mol. The van der Waals surface area contributed by atoms with Gasteiger partial charge in [-0.2, -0.15) is 0 Å². The summed E-state index contributed by atoms with van der Waals surface area (Å²) in [6.45, 7) is 6.14. The summed E-state index contributed by atoms with van der Waals surface area (Å²) in [6, 6.07) is 5.11. The summed E-state index contributed by atoms with van der Waals surface area (Å²) in [7, 11) is 2.15. The number of anilines is 1. The lowest BCUT2D eigenvalue weighted by Crippen LogP contribution is -2.44. The molecule has 0 spiro atoms. The van der Waals surface area contributed by atoms with E-state index in [2.05, 4.69) is 16.8 Å². The van der Waals surface area contributed by atoms with Crippen LogP contribution in [0.5, 0.6) is 5.75 Å². The van der Waals surface area contributed by atoms with E-state index in [-0.39, 0.29) is 0 Å². The van der Waals surface area contributed by atoms with Crippen molar-refractivity contribution >= 4 is 12.0 Å². The molecule has 0 atom stereocenters. The maximum Gasteiger partial charge on any atom is 0.153 e. The second-order valence-electron chi connectivity index (χ2n) is 5.26. The Morgan fingerprint density at radius 2 is 2.05 bits per heavy atom. The van der Waals surface area contributed by atoms with Crippen LogP contribution in [0.25, 0.3) is 0 Å². The lowest BCUT2D eigenvalue weighted by atomic mass is 10.2. The molecular formula is C15H23N3O2. The molecular weight excluding hydrogens is 254 g/mol. The Morgan fingerprint density at radius 1 is 1.30 bits per heavy atom. The summed E-state index contributed by atoms with van der Waals surface area (Å²) < 4.78 is 5.67. The van der Waals surface area contributed by atoms with E-state index in [9.17, 15) is 4.79 Å². The first-order chi connectivity index (χ1) is 9.69. The number of ether oxygens (including phenoxy) is 1. The Balaban J connectivity index is 1.73. The van der Waals surface area contributed by atoms with E-state index >= 15 is 0 Å². The van der Waals surface area contributed by atoms with Crippen molar-refractivity contribution in [3.63, 3.8) is 0 Å². The van der Waals surface area contributed by atoms with Gasteiger partial charge in [0.2, 0.25) is 0 Å². The summed E-state index contributed by atoms with van der Waals surface area (Å²) in [4.78, 5) is 15.7. The summed E-state index contributed by atoms with van der Waals surface area (Å²) >= 11 is 0. The number of benzene rings is 1. The Kier molecular flexibility index (Phi) is 5.38. The van der Waals surface area contributed by atoms with Crippen molar-refractivity contribution in [1.82, 2.24) is 9.80 Å². The van der Waals surface area contributed by atoms with Crippen molar-refractivity contribution < 1.29 is 9.53 Å². The number of aldehydes is 1. The number of likely N-dealkylation sites (N-methyl/N-ethyl adjacent to an activating group) is 1. The largest absolute Gasteiger partial charge is 0.493 e. The first kappa shape index (κ1) is 14.8. The van der Waals surface area contributed by atoms with Gasteiger partial charge in [-0.25, -0.2) is 0 Å². The number of carbonyl (C=O) groups excluding carboxylic acids is 1. The molecule has 5 heteroatoms. The second-order valence-corrected chi connectivity index (χ2v) is 5.26. The zero-order valence-electron chi connectivity index (χ0n) is 12.0. The fourth-order valence-corrected chi connectivity index (χ4v) is 2.32. The predicted molar refractivity (Wildman–Crippen MR) is 80.3 cm³/mol. The molecule has 1 saturated heterocycles. The molecule has 2 N–H and O–H groups in total. The summed E-state index contributed by atoms with van der Waals surface area (Å²) in [5.74, 6) is 0.582. The standard InChI is InChI=1S/C15H23N3O2/c1-17-6-8-18(9-7-17)5-2-10-20-15-11-14(16)4-3-13(15)12-19/h3-4,11-12H,2,5-10,16H2,1H3. The molecule has 1 aliphatic heterocycles. The van der Waals surface area contributed by atoms with Crippen LogP contribution in [0.15, 0.2) is 18.2 Å². The lowest BCUT2D eigenvalue weighted by Gasteiger charge is -2.32. The van der Waals surface area contributed by atoms with Crippen molar-refractivity contribution in [1.29, 1.82) is 0 Å². The van der Waals surface area contributed by atoms with Crippen LogP contribution in [0.3, 0.4) is 0 Å². The minimum absolute atomic E-state index is 0.554. The van der Waals surface area contributed by atoms with Crippen molar-refractivity contribution in [2.75, 3.05) is 52.1 Å². The van der Waals surface area contributed by atoms with Gasteiger partial charge >= 0.3 is 0 Å². The van der Waals surface area contributed by atoms with E-state index in [0.717, 1.165) is 45.4 Å². The van der Waals surface area contributed by atoms with E-state index in [0.29, 0.717) is 23.6 Å². The molecule has 0 bridgehead atoms. The molecule has 2 rings (SSSR count). The van der Waals surface area contributed by atoms with Gasteiger partial charge < -0.3 is 20.3 Å². The van der Waals surface area contributed by atoms with Crippen LogP contribution in [0.4, 0.5) is 5.69 Å². The smallest absolute Gasteiger partial charge is 0.153 e. The van der Waals surface area contributed by atoms with Crippen LogP contribution in [0, 0.1) is 0 Å². The molecule has 20 heavy (non-hydrogen) atoms. The predicted octanol–water partition coefficient (Wildman–Crippen LogP) is 1.10. The Hall–Kier alpha value is -1.59. The number of hydrogen-bond acceptors (Lipinski definition) is 5. The highest BCUT2D eigenvalue weighted by Gasteiger charge is 2.13. The third-order valence-electron chi connectivity index (χ3n) is 3.64. The maximum atomic E-state index is 10.9. The topological polar surface area (TPSA) is 58.8 Å². The van der Waals surface area contributed by atoms with Gasteiger partial charge in [0.05, 0.1) is 12.2 Å². The number of nitrogens with zero attached hydrogens (tertiary/aromatic N) is 2. The number of piperazine rings is 1. The van der Waals surface area contributed by atoms with Gasteiger partial charge in [-0.3, -0.25) is 4.79 Å². The highest BCUT2D eigenvalue weighted by atomic mass is 16.5. The molecule has 1 aliphatic rings. The van der Waals surface area contributed by atoms with Gasteiger partial charge in [-0.1, -0.05) is 0 Å². The monoisotopic (exact) mass is 277 g/mol. The normalized spacial score (nSPS) is 17.1. The molecule has 0 amide bonds. The highest BCUT2D eigenvalue weighted by Crippen LogP contribution is 2.20. The molecule has 1 aromatic carbocycles. The first-order valence-electron chi connectivity index (χ1n) is 7.07. The molecule has 0 radical (unpaired) electrons. The third kappa shape index (κ3) is 4.21. The number of nitrogen functional groups attached to an aromatic ring is 1. The lowest BCUT2D eigenvalue weighted by molar-refractivity contribution is 0.111. The van der Waals surface area contributed by atoms with Gasteiger partial charge in [0.1, 0.15) is 5.75 Å². The minimum atomic E-state index is 0.554. The van der Waals surface area contributed by atoms with E-state index in [1.807, 2.05) is 0 Å². The fraction of sp³-hybridized carbons (Fsp3) is 0.533. The van der Waals surface area contributed by atoms with E-state index < -0.39 is 0 Å². The minimum Gasteiger partial charge on any atom is -0.493 e. The van der Waals surface area contributed by atoms with E-state index in [4.69, 9.17) is 10.5 Å². The summed E-state index contributed by atoms with van der Waals surface area (Å²) in [6.07, 6.45) is 1.76. The number of carbonyl (C=O) groups is 1. The molecule has 0 saturated carbocycles. The molecule has 0 aliphatic carbocycles. The van der Waals surface area contributed by atoms with E-state index in [1.165, 1.54) is 0 Å². The Morgan fingerprint density at radius 3 is 2.75 bits per heavy atom. The van der Waals surface area contributed by atoms with Gasteiger partial charge in [0, 0.05) is 44.5 Å². The Bertz CT molecular complexity index is 443. The van der Waals surface area contributed by atoms with Gasteiger partial charge in [-0.15, -0.1) is 0 Å². The van der Waals surface area contributed by atoms with Crippen molar-refractivity contribution in [3.05, 3.63) is 23.8 Å². The van der Waals surface area contributed by atoms with Gasteiger partial charge in [0.25, 0.3) is 0 Å². The first-order valence-corrected chi connectivity index (χ1v) is 7.07.